The van der Waals surface area contributed by atoms with Crippen LogP contribution in [0.3, 0.4) is 0 Å². The molecule has 0 aliphatic carbocycles. The van der Waals surface area contributed by atoms with Crippen LogP contribution in [0, 0.1) is 0 Å². The van der Waals surface area contributed by atoms with Crippen LogP contribution < -0.4 is 4.90 Å². The van der Waals surface area contributed by atoms with E-state index in [2.05, 4.69) is 4.98 Å². The number of aromatic nitrogens is 1. The minimum atomic E-state index is -3.52. The Balaban J connectivity index is 1.94. The molecule has 0 bridgehead atoms. The number of benzene rings is 1. The Morgan fingerprint density at radius 1 is 1.27 bits per heavy atom. The molecule has 0 saturated heterocycles. The first-order valence-corrected chi connectivity index (χ1v) is 10.3. The molecule has 1 aliphatic heterocycles. The normalized spacial score (nSPS) is 13.9. The van der Waals surface area contributed by atoms with Gasteiger partial charge in [-0.2, -0.15) is 4.31 Å². The standard InChI is InChI=1S/C18H20ClN3O3S/c1-3-21(4-2)26(24,25)14-7-8-16-13(12-14)9-11-22(16)18(23)15-6-5-10-20-17(15)19/h5-8,10,12H,3-4,9,11H2,1-2H3. The Labute approximate surface area is 158 Å². The second kappa shape index (κ2) is 7.34. The van der Waals surface area contributed by atoms with Gasteiger partial charge in [-0.1, -0.05) is 25.4 Å². The van der Waals surface area contributed by atoms with Crippen molar-refractivity contribution < 1.29 is 13.2 Å². The second-order valence-corrected chi connectivity index (χ2v) is 8.22. The first-order chi connectivity index (χ1) is 12.4. The Bertz CT molecular complexity index is 942. The minimum Gasteiger partial charge on any atom is -0.308 e. The molecule has 0 spiro atoms. The summed E-state index contributed by atoms with van der Waals surface area (Å²) in [5.74, 6) is -0.235. The van der Waals surface area contributed by atoms with Crippen molar-refractivity contribution in [3.63, 3.8) is 0 Å². The molecule has 0 atom stereocenters. The summed E-state index contributed by atoms with van der Waals surface area (Å²) in [6.07, 6.45) is 2.13. The molecule has 2 heterocycles. The number of carbonyl (C=O) groups excluding carboxylic acids is 1. The van der Waals surface area contributed by atoms with E-state index in [4.69, 9.17) is 11.6 Å². The summed E-state index contributed by atoms with van der Waals surface area (Å²) in [4.78, 5) is 18.6. The number of halogens is 1. The summed E-state index contributed by atoms with van der Waals surface area (Å²) in [5, 5.41) is 0.159. The van der Waals surface area contributed by atoms with Gasteiger partial charge in [-0.3, -0.25) is 4.79 Å². The number of hydrogen-bond acceptors (Lipinski definition) is 4. The Morgan fingerprint density at radius 2 is 2.00 bits per heavy atom. The van der Waals surface area contributed by atoms with Crippen LogP contribution in [-0.2, 0) is 16.4 Å². The van der Waals surface area contributed by atoms with Gasteiger partial charge in [0.05, 0.1) is 10.5 Å². The highest BCUT2D eigenvalue weighted by Crippen LogP contribution is 2.32. The smallest absolute Gasteiger partial charge is 0.261 e. The van der Waals surface area contributed by atoms with Crippen LogP contribution in [-0.4, -0.2) is 43.2 Å². The average Bonchev–Trinajstić information content (AvgIpc) is 3.05. The third-order valence-electron chi connectivity index (χ3n) is 4.52. The van der Waals surface area contributed by atoms with Crippen molar-refractivity contribution in [1.29, 1.82) is 0 Å². The summed E-state index contributed by atoms with van der Waals surface area (Å²) < 4.78 is 26.8. The lowest BCUT2D eigenvalue weighted by Gasteiger charge is -2.20. The Hall–Kier alpha value is -1.96. The van der Waals surface area contributed by atoms with E-state index in [0.29, 0.717) is 37.3 Å². The molecule has 1 aromatic heterocycles. The van der Waals surface area contributed by atoms with Crippen LogP contribution in [0.5, 0.6) is 0 Å². The molecule has 2 aromatic rings. The zero-order valence-electron chi connectivity index (χ0n) is 14.6. The summed E-state index contributed by atoms with van der Waals surface area (Å²) in [6.45, 7) is 4.94. The quantitative estimate of drug-likeness (QED) is 0.732. The number of anilines is 1. The predicted octanol–water partition coefficient (Wildman–Crippen LogP) is 2.97. The van der Waals surface area contributed by atoms with E-state index in [0.717, 1.165) is 5.56 Å². The maximum absolute atomic E-state index is 12.8. The third kappa shape index (κ3) is 3.22. The lowest BCUT2D eigenvalue weighted by atomic mass is 10.2. The molecule has 1 aromatic carbocycles. The van der Waals surface area contributed by atoms with E-state index in [1.165, 1.54) is 10.5 Å². The first kappa shape index (κ1) is 18.8. The summed E-state index contributed by atoms with van der Waals surface area (Å²) >= 11 is 6.03. The van der Waals surface area contributed by atoms with E-state index in [1.807, 2.05) is 13.8 Å². The minimum absolute atomic E-state index is 0.159. The number of fused-ring (bicyclic) bond motifs is 1. The zero-order chi connectivity index (χ0) is 18.9. The first-order valence-electron chi connectivity index (χ1n) is 8.45. The number of carbonyl (C=O) groups is 1. The van der Waals surface area contributed by atoms with Gasteiger partial charge in [0, 0.05) is 31.5 Å². The fraction of sp³-hybridized carbons (Fsp3) is 0.333. The van der Waals surface area contributed by atoms with Crippen molar-refractivity contribution in [1.82, 2.24) is 9.29 Å². The van der Waals surface area contributed by atoms with E-state index in [1.54, 1.807) is 35.2 Å². The molecule has 6 nitrogen and oxygen atoms in total. The summed E-state index contributed by atoms with van der Waals surface area (Å²) in [6, 6.07) is 8.22. The molecule has 0 radical (unpaired) electrons. The van der Waals surface area contributed by atoms with Gasteiger partial charge in [0.1, 0.15) is 5.15 Å². The molecule has 8 heteroatoms. The summed E-state index contributed by atoms with van der Waals surface area (Å²) in [7, 11) is -3.52. The molecule has 3 rings (SSSR count). The van der Waals surface area contributed by atoms with E-state index in [-0.39, 0.29) is 16.0 Å². The van der Waals surface area contributed by atoms with Gasteiger partial charge >= 0.3 is 0 Å². The van der Waals surface area contributed by atoms with E-state index < -0.39 is 10.0 Å². The highest BCUT2D eigenvalue weighted by atomic mass is 35.5. The molecule has 26 heavy (non-hydrogen) atoms. The highest BCUT2D eigenvalue weighted by Gasteiger charge is 2.29. The van der Waals surface area contributed by atoms with Crippen LogP contribution >= 0.6 is 11.6 Å². The molecule has 1 aliphatic rings. The van der Waals surface area contributed by atoms with E-state index >= 15 is 0 Å². The molecule has 0 fully saturated rings. The number of amides is 1. The molecule has 0 saturated carbocycles. The number of nitrogens with zero attached hydrogens (tertiary/aromatic N) is 3. The van der Waals surface area contributed by atoms with Gasteiger partial charge in [-0.25, -0.2) is 13.4 Å². The molecule has 0 N–H and O–H groups in total. The van der Waals surface area contributed by atoms with Crippen molar-refractivity contribution in [2.24, 2.45) is 0 Å². The number of hydrogen-bond donors (Lipinski definition) is 0. The zero-order valence-corrected chi connectivity index (χ0v) is 16.2. The highest BCUT2D eigenvalue weighted by molar-refractivity contribution is 7.89. The maximum atomic E-state index is 12.8. The van der Waals surface area contributed by atoms with Crippen LogP contribution in [0.15, 0.2) is 41.4 Å². The number of sulfonamides is 1. The van der Waals surface area contributed by atoms with Crippen molar-refractivity contribution >= 4 is 33.2 Å². The second-order valence-electron chi connectivity index (χ2n) is 5.93. The van der Waals surface area contributed by atoms with Gasteiger partial charge in [0.15, 0.2) is 0 Å². The topological polar surface area (TPSA) is 70.6 Å². The molecular formula is C18H20ClN3O3S. The lowest BCUT2D eigenvalue weighted by molar-refractivity contribution is 0.0989. The Morgan fingerprint density at radius 3 is 2.65 bits per heavy atom. The van der Waals surface area contributed by atoms with Gasteiger partial charge in [-0.15, -0.1) is 0 Å². The van der Waals surface area contributed by atoms with Crippen molar-refractivity contribution in [2.75, 3.05) is 24.5 Å². The fourth-order valence-corrected chi connectivity index (χ4v) is 4.86. The van der Waals surface area contributed by atoms with Crippen molar-refractivity contribution in [3.8, 4) is 0 Å². The lowest BCUT2D eigenvalue weighted by Crippen LogP contribution is -2.31. The predicted molar refractivity (Wildman–Crippen MR) is 101 cm³/mol. The van der Waals surface area contributed by atoms with E-state index in [9.17, 15) is 13.2 Å². The summed E-state index contributed by atoms with van der Waals surface area (Å²) in [5.41, 5.74) is 1.89. The number of pyridine rings is 1. The molecular weight excluding hydrogens is 374 g/mol. The average molecular weight is 394 g/mol. The van der Waals surface area contributed by atoms with Crippen LogP contribution in [0.4, 0.5) is 5.69 Å². The largest absolute Gasteiger partial charge is 0.308 e. The van der Waals surface area contributed by atoms with Crippen molar-refractivity contribution in [3.05, 3.63) is 52.8 Å². The molecule has 1 amide bonds. The van der Waals surface area contributed by atoms with Gasteiger partial charge in [0.25, 0.3) is 5.91 Å². The Kier molecular flexibility index (Phi) is 5.32. The maximum Gasteiger partial charge on any atom is 0.261 e. The SMILES string of the molecule is CCN(CC)S(=O)(=O)c1ccc2c(c1)CCN2C(=O)c1cccnc1Cl. The monoisotopic (exact) mass is 393 g/mol. The van der Waals surface area contributed by atoms with Crippen molar-refractivity contribution in [2.45, 2.75) is 25.2 Å². The fourth-order valence-electron chi connectivity index (χ4n) is 3.15. The van der Waals surface area contributed by atoms with Crippen LogP contribution in [0.25, 0.3) is 0 Å². The molecule has 0 unspecified atom stereocenters. The third-order valence-corrected chi connectivity index (χ3v) is 6.87. The molecule has 138 valence electrons. The number of rotatable bonds is 5. The van der Waals surface area contributed by atoms with Gasteiger partial charge in [0.2, 0.25) is 10.0 Å². The van der Waals surface area contributed by atoms with Crippen LogP contribution in [0.1, 0.15) is 29.8 Å². The van der Waals surface area contributed by atoms with Crippen LogP contribution in [0.2, 0.25) is 5.15 Å². The van der Waals surface area contributed by atoms with Gasteiger partial charge < -0.3 is 4.90 Å². The van der Waals surface area contributed by atoms with Gasteiger partial charge in [-0.05, 0) is 42.3 Å².